The van der Waals surface area contributed by atoms with E-state index in [1.807, 2.05) is 45.1 Å². The van der Waals surface area contributed by atoms with Gasteiger partial charge in [-0.3, -0.25) is 29.0 Å². The van der Waals surface area contributed by atoms with E-state index in [2.05, 4.69) is 26.0 Å². The normalized spacial score (nSPS) is 33.2. The van der Waals surface area contributed by atoms with Crippen LogP contribution >= 0.6 is 0 Å². The summed E-state index contributed by atoms with van der Waals surface area (Å²) < 4.78 is 6.03. The summed E-state index contributed by atoms with van der Waals surface area (Å²) in [6.07, 6.45) is 6.44. The molecule has 2 saturated carbocycles. The number of amides is 4. The smallest absolute Gasteiger partial charge is 0.238 e. The van der Waals surface area contributed by atoms with Gasteiger partial charge in [0.25, 0.3) is 0 Å². The van der Waals surface area contributed by atoms with Crippen molar-refractivity contribution < 1.29 is 23.9 Å². The summed E-state index contributed by atoms with van der Waals surface area (Å²) in [7, 11) is 0. The second-order valence-electron chi connectivity index (χ2n) is 13.2. The zero-order valence-corrected chi connectivity index (χ0v) is 24.9. The molecule has 42 heavy (non-hydrogen) atoms. The first-order valence-corrected chi connectivity index (χ1v) is 15.5. The molecule has 0 bridgehead atoms. The molecule has 7 nitrogen and oxygen atoms in total. The van der Waals surface area contributed by atoms with Crippen LogP contribution in [-0.4, -0.2) is 34.1 Å². The summed E-state index contributed by atoms with van der Waals surface area (Å²) in [5.41, 5.74) is 0.675. The Morgan fingerprint density at radius 3 is 1.95 bits per heavy atom. The predicted molar refractivity (Wildman–Crippen MR) is 158 cm³/mol. The minimum absolute atomic E-state index is 0.122. The molecule has 2 aromatic rings. The number of imide groups is 2. The first-order chi connectivity index (χ1) is 20.1. The molecule has 2 aliphatic heterocycles. The van der Waals surface area contributed by atoms with Crippen molar-refractivity contribution in [2.75, 3.05) is 4.90 Å². The van der Waals surface area contributed by atoms with Crippen LogP contribution in [-0.2, 0) is 19.2 Å². The van der Waals surface area contributed by atoms with Crippen LogP contribution in [0.5, 0.6) is 11.5 Å². The molecule has 8 unspecified atom stereocenters. The van der Waals surface area contributed by atoms with Gasteiger partial charge in [-0.1, -0.05) is 52.0 Å². The molecule has 1 spiro atoms. The molecule has 7 heteroatoms. The van der Waals surface area contributed by atoms with E-state index < -0.39 is 34.6 Å². The highest BCUT2D eigenvalue weighted by Gasteiger charge is 2.85. The Hall–Kier alpha value is -3.74. The van der Waals surface area contributed by atoms with Gasteiger partial charge in [0.05, 0.1) is 29.4 Å². The van der Waals surface area contributed by atoms with Crippen molar-refractivity contribution in [3.8, 4) is 11.5 Å². The molecule has 218 valence electrons. The molecule has 2 saturated heterocycles. The molecule has 2 heterocycles. The van der Waals surface area contributed by atoms with Crippen LogP contribution in [0.15, 0.2) is 60.7 Å². The van der Waals surface area contributed by atoms with Crippen LogP contribution in [0.2, 0.25) is 0 Å². The molecule has 0 N–H and O–H groups in total. The van der Waals surface area contributed by atoms with Crippen molar-refractivity contribution in [3.63, 3.8) is 0 Å². The van der Waals surface area contributed by atoms with Gasteiger partial charge in [-0.2, -0.15) is 0 Å². The molecular formula is C35H38N2O5. The maximum absolute atomic E-state index is 14.0. The first-order valence-electron chi connectivity index (χ1n) is 15.5. The zero-order chi connectivity index (χ0) is 29.7. The summed E-state index contributed by atoms with van der Waals surface area (Å²) in [6.45, 7) is 10.3. The van der Waals surface area contributed by atoms with Crippen LogP contribution in [0.4, 0.5) is 5.69 Å². The number of nitrogens with zero attached hydrogens (tertiary/aromatic N) is 2. The van der Waals surface area contributed by atoms with E-state index in [0.717, 1.165) is 12.2 Å². The number of anilines is 1. The number of hydrogen-bond acceptors (Lipinski definition) is 5. The lowest BCUT2D eigenvalue weighted by molar-refractivity contribution is -0.155. The van der Waals surface area contributed by atoms with E-state index in [1.54, 1.807) is 24.3 Å². The summed E-state index contributed by atoms with van der Waals surface area (Å²) >= 11 is 0. The Labute approximate surface area is 246 Å². The van der Waals surface area contributed by atoms with Crippen LogP contribution in [0, 0.1) is 40.9 Å². The number of fused-ring (bicyclic) bond motifs is 5. The average Bonchev–Trinajstić information content (AvgIpc) is 3.41. The monoisotopic (exact) mass is 566 g/mol. The molecule has 4 amide bonds. The van der Waals surface area contributed by atoms with E-state index >= 15 is 0 Å². The maximum atomic E-state index is 14.0. The molecule has 3 aliphatic carbocycles. The van der Waals surface area contributed by atoms with Gasteiger partial charge in [0.15, 0.2) is 0 Å². The fraction of sp³-hybridized carbons (Fsp3) is 0.486. The molecule has 8 atom stereocenters. The minimum Gasteiger partial charge on any atom is -0.457 e. The second kappa shape index (κ2) is 9.13. The molecule has 0 aromatic heterocycles. The third-order valence-electron chi connectivity index (χ3n) is 11.7. The Bertz CT molecular complexity index is 1520. The zero-order valence-electron chi connectivity index (χ0n) is 24.9. The highest BCUT2D eigenvalue weighted by molar-refractivity contribution is 6.23. The van der Waals surface area contributed by atoms with E-state index in [1.165, 1.54) is 15.4 Å². The lowest BCUT2D eigenvalue weighted by atomic mass is 9.42. The van der Waals surface area contributed by atoms with Crippen molar-refractivity contribution in [3.05, 3.63) is 66.2 Å². The average molecular weight is 567 g/mol. The van der Waals surface area contributed by atoms with Gasteiger partial charge in [-0.05, 0) is 85.9 Å². The number of benzene rings is 2. The Morgan fingerprint density at radius 1 is 0.810 bits per heavy atom. The largest absolute Gasteiger partial charge is 0.457 e. The number of carbonyl (C=O) groups is 4. The predicted octanol–water partition coefficient (Wildman–Crippen LogP) is 6.09. The lowest BCUT2D eigenvalue weighted by Crippen LogP contribution is -2.62. The number of ether oxygens (including phenoxy) is 1. The SMILES string of the molecule is CCC(C)c1ccc(Oc2ccc(N3C(=O)C4C(C3=O)C3C5C(=O)N(C(C)(CC)CC)C(=O)C5C35C=CC45)cc2)cc1. The summed E-state index contributed by atoms with van der Waals surface area (Å²) in [4.78, 5) is 58.2. The van der Waals surface area contributed by atoms with Crippen molar-refractivity contribution in [1.29, 1.82) is 0 Å². The van der Waals surface area contributed by atoms with Crippen LogP contribution in [0.3, 0.4) is 0 Å². The van der Waals surface area contributed by atoms with Gasteiger partial charge in [-0.15, -0.1) is 0 Å². The van der Waals surface area contributed by atoms with Crippen LogP contribution in [0.25, 0.3) is 0 Å². The first kappa shape index (κ1) is 27.1. The Balaban J connectivity index is 1.13. The number of rotatable bonds is 8. The number of carbonyl (C=O) groups excluding carboxylic acids is 4. The Morgan fingerprint density at radius 2 is 1.40 bits per heavy atom. The van der Waals surface area contributed by atoms with Crippen LogP contribution < -0.4 is 9.64 Å². The van der Waals surface area contributed by atoms with E-state index in [4.69, 9.17) is 4.74 Å². The standard InChI is InChI=1S/C35H38N2O5/c1-6-19(4)20-9-13-22(14-10-20)42-23-15-11-21(12-16-23)36-30(38)25-24-17-18-35(24)28(26(25)31(36)39)27-29(35)33(41)37(32(27)40)34(5,7-2)8-3/h9-19,24-29H,6-8H2,1-5H3. The summed E-state index contributed by atoms with van der Waals surface area (Å²) in [5, 5.41) is 0. The van der Waals surface area contributed by atoms with Crippen LogP contribution in [0.1, 0.15) is 65.4 Å². The number of hydrogen-bond donors (Lipinski definition) is 0. The third kappa shape index (κ3) is 3.22. The fourth-order valence-corrected chi connectivity index (χ4v) is 8.74. The topological polar surface area (TPSA) is 84.0 Å². The van der Waals surface area contributed by atoms with Crippen molar-refractivity contribution in [2.45, 2.75) is 65.3 Å². The lowest BCUT2D eigenvalue weighted by Gasteiger charge is -2.58. The maximum Gasteiger partial charge on any atom is 0.238 e. The number of allylic oxidation sites excluding steroid dienone is 2. The van der Waals surface area contributed by atoms with E-state index in [-0.39, 0.29) is 35.5 Å². The van der Waals surface area contributed by atoms with Crippen molar-refractivity contribution >= 4 is 29.3 Å². The molecule has 7 rings (SSSR count). The molecule has 2 aromatic carbocycles. The highest BCUT2D eigenvalue weighted by Crippen LogP contribution is 2.78. The summed E-state index contributed by atoms with van der Waals surface area (Å²) in [5.74, 6) is -1.58. The van der Waals surface area contributed by atoms with Gasteiger partial charge >= 0.3 is 0 Å². The quantitative estimate of drug-likeness (QED) is 0.285. The van der Waals surface area contributed by atoms with Gasteiger partial charge in [0.2, 0.25) is 23.6 Å². The Kier molecular flexibility index (Phi) is 5.89. The molecule has 4 fully saturated rings. The molecule has 5 aliphatic rings. The minimum atomic E-state index is -0.593. The molecule has 0 radical (unpaired) electrons. The number of likely N-dealkylation sites (tertiary alicyclic amines) is 1. The fourth-order valence-electron chi connectivity index (χ4n) is 8.74. The van der Waals surface area contributed by atoms with Gasteiger partial charge in [-0.25, -0.2) is 0 Å². The van der Waals surface area contributed by atoms with Gasteiger partial charge in [0.1, 0.15) is 11.5 Å². The van der Waals surface area contributed by atoms with Crippen molar-refractivity contribution in [1.82, 2.24) is 4.90 Å². The van der Waals surface area contributed by atoms with E-state index in [9.17, 15) is 19.2 Å². The van der Waals surface area contributed by atoms with E-state index in [0.29, 0.717) is 30.2 Å². The van der Waals surface area contributed by atoms with Gasteiger partial charge < -0.3 is 4.74 Å². The second-order valence-corrected chi connectivity index (χ2v) is 13.2. The highest BCUT2D eigenvalue weighted by atomic mass is 16.5. The summed E-state index contributed by atoms with van der Waals surface area (Å²) in [6, 6.07) is 15.1. The molecular weight excluding hydrogens is 528 g/mol. The van der Waals surface area contributed by atoms with Gasteiger partial charge in [0, 0.05) is 11.0 Å². The third-order valence-corrected chi connectivity index (χ3v) is 11.7. The van der Waals surface area contributed by atoms with Crippen molar-refractivity contribution in [2.24, 2.45) is 40.9 Å².